The molecular weight excluding hydrogens is 112 g/mol. The summed E-state index contributed by atoms with van der Waals surface area (Å²) in [5, 5.41) is -0.292. The lowest BCUT2D eigenvalue weighted by atomic mass is 10.9. The molecule has 0 bridgehead atoms. The van der Waals surface area contributed by atoms with E-state index >= 15 is 0 Å². The van der Waals surface area contributed by atoms with E-state index in [1.807, 2.05) is 0 Å². The number of carbonyl (C=O) groups is 2. The molecule has 0 aliphatic heterocycles. The van der Waals surface area contributed by atoms with Crippen molar-refractivity contribution < 1.29 is 11.0 Å². The Hall–Kier alpha value is -0.310. The van der Waals surface area contributed by atoms with Gasteiger partial charge in [-0.2, -0.15) is 0 Å². The van der Waals surface area contributed by atoms with E-state index in [9.17, 15) is 9.59 Å². The molecule has 0 rings (SSSR count). The van der Waals surface area contributed by atoms with Crippen LogP contribution in [-0.2, 0) is 9.59 Å². The second kappa shape index (κ2) is 2.80. The van der Waals surface area contributed by atoms with Crippen LogP contribution in [0.2, 0.25) is 0 Å². The average molecular weight is 119 g/mol. The first-order chi connectivity index (χ1) is 3.13. The van der Waals surface area contributed by atoms with Crippen LogP contribution in [0, 0.1) is 0 Å². The molecule has 0 aliphatic rings. The lowest BCUT2D eigenvalue weighted by Crippen LogP contribution is -1.86. The summed E-state index contributed by atoms with van der Waals surface area (Å²) in [6.45, 7) is 2.73. The molecule has 0 aromatic carbocycles. The Morgan fingerprint density at radius 3 is 1.57 bits per heavy atom. The SMILES string of the molecule is CC(=O)SC(C)=O.[H+]. The number of hydrogen-bond acceptors (Lipinski definition) is 3. The van der Waals surface area contributed by atoms with Gasteiger partial charge in [-0.3, -0.25) is 9.59 Å². The maximum Gasteiger partial charge on any atom is 1.00 e. The van der Waals surface area contributed by atoms with Crippen LogP contribution in [0.4, 0.5) is 0 Å². The zero-order valence-electron chi connectivity index (χ0n) is 5.22. The van der Waals surface area contributed by atoms with Gasteiger partial charge in [0.25, 0.3) is 0 Å². The van der Waals surface area contributed by atoms with Gasteiger partial charge >= 0.3 is 1.43 Å². The van der Waals surface area contributed by atoms with Gasteiger partial charge in [-0.05, 0) is 11.8 Å². The predicted molar refractivity (Wildman–Crippen MR) is 30.1 cm³/mol. The standard InChI is InChI=1S/C4H6O2S/c1-3(5)7-4(2)6/h1-2H3/p+1. The molecule has 0 aromatic rings. The summed E-state index contributed by atoms with van der Waals surface area (Å²) in [4.78, 5) is 20.0. The van der Waals surface area contributed by atoms with Crippen LogP contribution < -0.4 is 0 Å². The molecular formula is C4H7O2S+. The number of thioether (sulfide) groups is 1. The van der Waals surface area contributed by atoms with Crippen LogP contribution in [0.25, 0.3) is 0 Å². The van der Waals surface area contributed by atoms with E-state index in [2.05, 4.69) is 0 Å². The fourth-order valence-electron chi connectivity index (χ4n) is 0.202. The minimum atomic E-state index is -0.146. The maximum atomic E-state index is 10.00. The summed E-state index contributed by atoms with van der Waals surface area (Å²) in [7, 11) is 0. The fraction of sp³-hybridized carbons (Fsp3) is 0.500. The van der Waals surface area contributed by atoms with E-state index in [1.54, 1.807) is 0 Å². The van der Waals surface area contributed by atoms with Crippen LogP contribution >= 0.6 is 11.8 Å². The molecule has 0 aliphatic carbocycles. The molecule has 3 heteroatoms. The van der Waals surface area contributed by atoms with Crippen molar-refractivity contribution in [3.63, 3.8) is 0 Å². The van der Waals surface area contributed by atoms with Gasteiger partial charge in [-0.1, -0.05) is 0 Å². The number of rotatable bonds is 0. The van der Waals surface area contributed by atoms with E-state index in [1.165, 1.54) is 13.8 Å². The molecule has 0 fully saturated rings. The Morgan fingerprint density at radius 2 is 1.57 bits per heavy atom. The summed E-state index contributed by atoms with van der Waals surface area (Å²) in [5.74, 6) is 0. The smallest absolute Gasteiger partial charge is 0.287 e. The van der Waals surface area contributed by atoms with Gasteiger partial charge in [0.1, 0.15) is 0 Å². The molecule has 0 spiro atoms. The highest BCUT2D eigenvalue weighted by Crippen LogP contribution is 1.99. The van der Waals surface area contributed by atoms with E-state index in [-0.39, 0.29) is 11.7 Å². The second-order valence-electron chi connectivity index (χ2n) is 1.09. The van der Waals surface area contributed by atoms with E-state index in [0.717, 1.165) is 11.8 Å². The molecule has 0 heterocycles. The van der Waals surface area contributed by atoms with Crippen molar-refractivity contribution in [2.75, 3.05) is 0 Å². The number of hydrogen-bond donors (Lipinski definition) is 0. The number of carbonyl (C=O) groups excluding carboxylic acids is 2. The highest BCUT2D eigenvalue weighted by Gasteiger charge is 1.95. The molecule has 7 heavy (non-hydrogen) atoms. The average Bonchev–Trinajstić information content (AvgIpc) is 1.27. The van der Waals surface area contributed by atoms with Crippen molar-refractivity contribution in [3.8, 4) is 0 Å². The normalized spacial score (nSPS) is 8.29. The van der Waals surface area contributed by atoms with Gasteiger partial charge in [0.05, 0.1) is 0 Å². The Bertz CT molecular complexity index is 90.2. The first-order valence-electron chi connectivity index (χ1n) is 1.82. The second-order valence-corrected chi connectivity index (χ2v) is 2.44. The molecule has 0 amide bonds. The molecule has 40 valence electrons. The topological polar surface area (TPSA) is 34.1 Å². The summed E-state index contributed by atoms with van der Waals surface area (Å²) in [5.41, 5.74) is 0. The third-order valence-electron chi connectivity index (χ3n) is 0.287. The largest absolute Gasteiger partial charge is 1.00 e. The van der Waals surface area contributed by atoms with Gasteiger partial charge in [0.15, 0.2) is 10.2 Å². The molecule has 0 N–H and O–H groups in total. The Labute approximate surface area is 47.8 Å². The third-order valence-corrected chi connectivity index (χ3v) is 0.862. The third kappa shape index (κ3) is 5.69. The predicted octanol–water partition coefficient (Wildman–Crippen LogP) is 0.925. The van der Waals surface area contributed by atoms with E-state index in [4.69, 9.17) is 0 Å². The molecule has 0 saturated carbocycles. The van der Waals surface area contributed by atoms with Crippen LogP contribution in [-0.4, -0.2) is 10.2 Å². The zero-order valence-corrected chi connectivity index (χ0v) is 5.04. The van der Waals surface area contributed by atoms with Crippen LogP contribution in [0.1, 0.15) is 15.3 Å². The quantitative estimate of drug-likeness (QED) is 0.475. The van der Waals surface area contributed by atoms with Gasteiger partial charge < -0.3 is 0 Å². The van der Waals surface area contributed by atoms with Crippen molar-refractivity contribution >= 4 is 22.0 Å². The molecule has 2 nitrogen and oxygen atoms in total. The van der Waals surface area contributed by atoms with Crippen molar-refractivity contribution in [1.82, 2.24) is 0 Å². The molecule has 0 aromatic heterocycles. The molecule has 0 saturated heterocycles. The summed E-state index contributed by atoms with van der Waals surface area (Å²) < 4.78 is 0. The lowest BCUT2D eigenvalue weighted by Gasteiger charge is -1.80. The van der Waals surface area contributed by atoms with Crippen molar-refractivity contribution in [1.29, 1.82) is 0 Å². The van der Waals surface area contributed by atoms with Crippen molar-refractivity contribution in [2.24, 2.45) is 0 Å². The zero-order chi connectivity index (χ0) is 5.86. The highest BCUT2D eigenvalue weighted by atomic mass is 32.2. The minimum absolute atomic E-state index is 0. The van der Waals surface area contributed by atoms with Gasteiger partial charge in [0.2, 0.25) is 0 Å². The fourth-order valence-corrected chi connectivity index (χ4v) is 0.607. The van der Waals surface area contributed by atoms with Crippen LogP contribution in [0.15, 0.2) is 0 Å². The first-order valence-corrected chi connectivity index (χ1v) is 2.63. The van der Waals surface area contributed by atoms with Gasteiger partial charge in [0, 0.05) is 13.8 Å². The van der Waals surface area contributed by atoms with Crippen LogP contribution in [0.5, 0.6) is 0 Å². The first kappa shape index (κ1) is 6.69. The highest BCUT2D eigenvalue weighted by molar-refractivity contribution is 8.26. The Kier molecular flexibility index (Phi) is 2.67. The Morgan fingerprint density at radius 1 is 1.29 bits per heavy atom. The molecule has 0 radical (unpaired) electrons. The van der Waals surface area contributed by atoms with Crippen LogP contribution in [0.3, 0.4) is 0 Å². The van der Waals surface area contributed by atoms with Gasteiger partial charge in [-0.15, -0.1) is 0 Å². The van der Waals surface area contributed by atoms with E-state index < -0.39 is 0 Å². The maximum absolute atomic E-state index is 10.00. The van der Waals surface area contributed by atoms with Gasteiger partial charge in [-0.25, -0.2) is 0 Å². The van der Waals surface area contributed by atoms with Crippen molar-refractivity contribution in [3.05, 3.63) is 0 Å². The summed E-state index contributed by atoms with van der Waals surface area (Å²) in [6, 6.07) is 0. The minimum Gasteiger partial charge on any atom is -0.287 e. The molecule has 0 atom stereocenters. The summed E-state index contributed by atoms with van der Waals surface area (Å²) >= 11 is 0.731. The Balaban J connectivity index is 0. The van der Waals surface area contributed by atoms with E-state index in [0.29, 0.717) is 0 Å². The monoisotopic (exact) mass is 119 g/mol. The summed E-state index contributed by atoms with van der Waals surface area (Å²) in [6.07, 6.45) is 0. The van der Waals surface area contributed by atoms with Crippen molar-refractivity contribution in [2.45, 2.75) is 13.8 Å². The lowest BCUT2D eigenvalue weighted by molar-refractivity contribution is -0.111. The molecule has 0 unspecified atom stereocenters.